The second-order valence-corrected chi connectivity index (χ2v) is 6.54. The predicted octanol–water partition coefficient (Wildman–Crippen LogP) is 3.92. The molecule has 0 spiro atoms. The average molecular weight is 276 g/mol. The first-order valence-electron chi connectivity index (χ1n) is 7.90. The first-order valence-corrected chi connectivity index (χ1v) is 7.90. The van der Waals surface area contributed by atoms with Crippen molar-refractivity contribution >= 4 is 5.69 Å². The topological polar surface area (TPSA) is 29.3 Å². The fourth-order valence-electron chi connectivity index (χ4n) is 4.05. The van der Waals surface area contributed by atoms with Crippen molar-refractivity contribution in [2.45, 2.75) is 58.0 Å². The van der Waals surface area contributed by atoms with Gasteiger partial charge in [0.1, 0.15) is 5.82 Å². The van der Waals surface area contributed by atoms with Gasteiger partial charge in [-0.3, -0.25) is 0 Å². The highest BCUT2D eigenvalue weighted by Crippen LogP contribution is 2.41. The van der Waals surface area contributed by atoms with Gasteiger partial charge in [-0.05, 0) is 68.7 Å². The van der Waals surface area contributed by atoms with Gasteiger partial charge in [-0.1, -0.05) is 6.42 Å². The van der Waals surface area contributed by atoms with E-state index in [1.165, 1.54) is 37.8 Å². The van der Waals surface area contributed by atoms with Crippen LogP contribution in [0, 0.1) is 18.7 Å². The third-order valence-corrected chi connectivity index (χ3v) is 5.10. The Hall–Kier alpha value is -1.09. The van der Waals surface area contributed by atoms with Crippen molar-refractivity contribution in [3.63, 3.8) is 0 Å². The maximum atomic E-state index is 13.9. The molecule has 0 radical (unpaired) electrons. The van der Waals surface area contributed by atoms with Gasteiger partial charge in [0, 0.05) is 24.3 Å². The SMILES string of the molecule is Cc1cc(N2CCCC3CCCC32)c([C@@H](C)N)cc1F. The van der Waals surface area contributed by atoms with E-state index in [2.05, 4.69) is 4.90 Å². The normalized spacial score (nSPS) is 27.5. The maximum Gasteiger partial charge on any atom is 0.126 e. The van der Waals surface area contributed by atoms with Crippen LogP contribution in [0.15, 0.2) is 12.1 Å². The molecule has 1 aromatic carbocycles. The molecule has 1 aromatic rings. The molecule has 1 saturated heterocycles. The van der Waals surface area contributed by atoms with Gasteiger partial charge in [0.05, 0.1) is 0 Å². The highest BCUT2D eigenvalue weighted by molar-refractivity contribution is 5.58. The van der Waals surface area contributed by atoms with Crippen LogP contribution >= 0.6 is 0 Å². The van der Waals surface area contributed by atoms with Gasteiger partial charge in [0.2, 0.25) is 0 Å². The van der Waals surface area contributed by atoms with Crippen LogP contribution in [0.1, 0.15) is 56.2 Å². The summed E-state index contributed by atoms with van der Waals surface area (Å²) in [5, 5.41) is 0. The van der Waals surface area contributed by atoms with E-state index in [1.807, 2.05) is 19.9 Å². The summed E-state index contributed by atoms with van der Waals surface area (Å²) in [5.41, 5.74) is 8.95. The van der Waals surface area contributed by atoms with E-state index < -0.39 is 0 Å². The molecule has 110 valence electrons. The van der Waals surface area contributed by atoms with Crippen molar-refractivity contribution < 1.29 is 4.39 Å². The number of nitrogens with two attached hydrogens (primary N) is 1. The van der Waals surface area contributed by atoms with E-state index in [4.69, 9.17) is 5.73 Å². The Morgan fingerprint density at radius 3 is 2.75 bits per heavy atom. The molecule has 3 atom stereocenters. The van der Waals surface area contributed by atoms with Gasteiger partial charge in [-0.15, -0.1) is 0 Å². The van der Waals surface area contributed by atoms with Crippen molar-refractivity contribution in [2.75, 3.05) is 11.4 Å². The van der Waals surface area contributed by atoms with E-state index in [-0.39, 0.29) is 11.9 Å². The molecule has 2 aliphatic rings. The maximum absolute atomic E-state index is 13.9. The van der Waals surface area contributed by atoms with Crippen LogP contribution in [0.2, 0.25) is 0 Å². The minimum absolute atomic E-state index is 0.123. The van der Waals surface area contributed by atoms with Gasteiger partial charge in [0.25, 0.3) is 0 Å². The van der Waals surface area contributed by atoms with Crippen LogP contribution < -0.4 is 10.6 Å². The number of fused-ring (bicyclic) bond motifs is 1. The zero-order valence-corrected chi connectivity index (χ0v) is 12.5. The summed E-state index contributed by atoms with van der Waals surface area (Å²) in [6.45, 7) is 4.88. The van der Waals surface area contributed by atoms with Crippen LogP contribution in [0.25, 0.3) is 0 Å². The molecule has 1 aliphatic heterocycles. The second-order valence-electron chi connectivity index (χ2n) is 6.54. The Kier molecular flexibility index (Phi) is 3.72. The van der Waals surface area contributed by atoms with Crippen molar-refractivity contribution in [1.82, 2.24) is 0 Å². The van der Waals surface area contributed by atoms with Crippen LogP contribution in [0.3, 0.4) is 0 Å². The molecule has 3 heteroatoms. The van der Waals surface area contributed by atoms with Crippen LogP contribution in [0.5, 0.6) is 0 Å². The number of nitrogens with zero attached hydrogens (tertiary/aromatic N) is 1. The minimum atomic E-state index is -0.138. The third kappa shape index (κ3) is 2.32. The summed E-state index contributed by atoms with van der Waals surface area (Å²) in [6.07, 6.45) is 6.57. The number of piperidine rings is 1. The summed E-state index contributed by atoms with van der Waals surface area (Å²) in [7, 11) is 0. The Bertz CT molecular complexity index is 498. The Morgan fingerprint density at radius 1 is 1.25 bits per heavy atom. The number of halogens is 1. The highest BCUT2D eigenvalue weighted by Gasteiger charge is 2.36. The number of benzene rings is 1. The van der Waals surface area contributed by atoms with E-state index in [9.17, 15) is 4.39 Å². The van der Waals surface area contributed by atoms with Crippen molar-refractivity contribution in [2.24, 2.45) is 11.7 Å². The molecule has 0 amide bonds. The number of rotatable bonds is 2. The lowest BCUT2D eigenvalue weighted by molar-refractivity contribution is 0.361. The zero-order valence-electron chi connectivity index (χ0n) is 12.5. The Morgan fingerprint density at radius 2 is 2.00 bits per heavy atom. The minimum Gasteiger partial charge on any atom is -0.368 e. The van der Waals surface area contributed by atoms with E-state index in [1.54, 1.807) is 6.07 Å². The van der Waals surface area contributed by atoms with Crippen LogP contribution in [-0.4, -0.2) is 12.6 Å². The van der Waals surface area contributed by atoms with Crippen LogP contribution in [-0.2, 0) is 0 Å². The lowest BCUT2D eigenvalue weighted by Crippen LogP contribution is -2.43. The van der Waals surface area contributed by atoms with Gasteiger partial charge < -0.3 is 10.6 Å². The molecule has 2 N–H and O–H groups in total. The largest absolute Gasteiger partial charge is 0.368 e. The molecule has 2 fully saturated rings. The fraction of sp³-hybridized carbons (Fsp3) is 0.647. The Labute approximate surface area is 121 Å². The fourth-order valence-corrected chi connectivity index (χ4v) is 4.05. The van der Waals surface area contributed by atoms with Gasteiger partial charge in [-0.25, -0.2) is 4.39 Å². The van der Waals surface area contributed by atoms with E-state index >= 15 is 0 Å². The first-order chi connectivity index (χ1) is 9.58. The molecule has 1 saturated carbocycles. The molecule has 0 aromatic heterocycles. The first kappa shape index (κ1) is 13.9. The molecular formula is C17H25FN2. The zero-order chi connectivity index (χ0) is 14.3. The highest BCUT2D eigenvalue weighted by atomic mass is 19.1. The monoisotopic (exact) mass is 276 g/mol. The summed E-state index contributed by atoms with van der Waals surface area (Å²) in [4.78, 5) is 2.52. The van der Waals surface area contributed by atoms with Gasteiger partial charge in [-0.2, -0.15) is 0 Å². The summed E-state index contributed by atoms with van der Waals surface area (Å²) in [5.74, 6) is 0.691. The van der Waals surface area contributed by atoms with Crippen LogP contribution in [0.4, 0.5) is 10.1 Å². The standard InChI is InChI=1S/C17H25FN2/c1-11-9-17(14(12(2)19)10-15(11)18)20-8-4-6-13-5-3-7-16(13)20/h9-10,12-13,16H,3-8,19H2,1-2H3/t12-,13?,16?/m1/s1. The van der Waals surface area contributed by atoms with Gasteiger partial charge >= 0.3 is 0 Å². The molecule has 1 aliphatic carbocycles. The average Bonchev–Trinajstić information content (AvgIpc) is 2.89. The molecule has 20 heavy (non-hydrogen) atoms. The van der Waals surface area contributed by atoms with Crippen molar-refractivity contribution in [3.05, 3.63) is 29.1 Å². The molecule has 2 nitrogen and oxygen atoms in total. The van der Waals surface area contributed by atoms with Crippen molar-refractivity contribution in [3.8, 4) is 0 Å². The Balaban J connectivity index is 2.01. The number of hydrogen-bond donors (Lipinski definition) is 1. The van der Waals surface area contributed by atoms with E-state index in [0.717, 1.165) is 23.6 Å². The predicted molar refractivity (Wildman–Crippen MR) is 81.4 cm³/mol. The number of hydrogen-bond acceptors (Lipinski definition) is 2. The third-order valence-electron chi connectivity index (χ3n) is 5.10. The number of aryl methyl sites for hydroxylation is 1. The second kappa shape index (κ2) is 5.36. The van der Waals surface area contributed by atoms with Crippen molar-refractivity contribution in [1.29, 1.82) is 0 Å². The molecule has 2 unspecified atom stereocenters. The quantitative estimate of drug-likeness (QED) is 0.887. The summed E-state index contributed by atoms with van der Waals surface area (Å²) >= 11 is 0. The smallest absolute Gasteiger partial charge is 0.126 e. The molecule has 3 rings (SSSR count). The molecule has 0 bridgehead atoms. The molecular weight excluding hydrogens is 251 g/mol. The summed E-state index contributed by atoms with van der Waals surface area (Å²) < 4.78 is 13.9. The summed E-state index contributed by atoms with van der Waals surface area (Å²) in [6, 6.07) is 4.18. The number of anilines is 1. The molecule has 1 heterocycles. The lowest BCUT2D eigenvalue weighted by atomic mass is 9.90. The van der Waals surface area contributed by atoms with Gasteiger partial charge in [0.15, 0.2) is 0 Å². The van der Waals surface area contributed by atoms with E-state index in [0.29, 0.717) is 6.04 Å². The lowest BCUT2D eigenvalue weighted by Gasteiger charge is -2.41.